The van der Waals surface area contributed by atoms with Crippen molar-refractivity contribution in [1.29, 1.82) is 0 Å². The summed E-state index contributed by atoms with van der Waals surface area (Å²) in [5.41, 5.74) is 1.55. The Labute approximate surface area is 119 Å². The zero-order valence-corrected chi connectivity index (χ0v) is 12.6. The molecule has 6 heteroatoms. The Morgan fingerprint density at radius 2 is 1.90 bits per heavy atom. The van der Waals surface area contributed by atoms with E-state index in [2.05, 4.69) is 5.10 Å². The zero-order valence-electron chi connectivity index (χ0n) is 11.8. The van der Waals surface area contributed by atoms with E-state index in [9.17, 15) is 8.42 Å². The molecule has 0 N–H and O–H groups in total. The van der Waals surface area contributed by atoms with E-state index in [4.69, 9.17) is 4.18 Å². The molecule has 1 heterocycles. The largest absolute Gasteiger partial charge is 0.361 e. The number of aromatic nitrogens is 2. The Hall–Kier alpha value is -1.82. The fourth-order valence-electron chi connectivity index (χ4n) is 1.67. The van der Waals surface area contributed by atoms with Crippen molar-refractivity contribution in [1.82, 2.24) is 9.78 Å². The maximum absolute atomic E-state index is 11.7. The van der Waals surface area contributed by atoms with E-state index in [-0.39, 0.29) is 17.6 Å². The first kappa shape index (κ1) is 14.6. The van der Waals surface area contributed by atoms with E-state index >= 15 is 0 Å². The van der Waals surface area contributed by atoms with Crippen molar-refractivity contribution in [3.63, 3.8) is 0 Å². The van der Waals surface area contributed by atoms with Crippen LogP contribution in [0.5, 0.6) is 5.88 Å². The molecule has 2 rings (SSSR count). The van der Waals surface area contributed by atoms with Crippen LogP contribution in [0.1, 0.15) is 32.4 Å². The molecule has 0 saturated heterocycles. The second kappa shape index (κ2) is 5.66. The molecule has 0 fully saturated rings. The summed E-state index contributed by atoms with van der Waals surface area (Å²) in [6, 6.07) is 11.0. The maximum atomic E-state index is 11.7. The van der Waals surface area contributed by atoms with E-state index in [1.54, 1.807) is 13.0 Å². The van der Waals surface area contributed by atoms with Crippen molar-refractivity contribution in [3.05, 3.63) is 42.1 Å². The van der Waals surface area contributed by atoms with Gasteiger partial charge in [-0.2, -0.15) is 18.2 Å². The minimum absolute atomic E-state index is 0.0794. The zero-order chi connectivity index (χ0) is 14.8. The third-order valence-electron chi connectivity index (χ3n) is 2.85. The van der Waals surface area contributed by atoms with Gasteiger partial charge in [-0.3, -0.25) is 0 Å². The van der Waals surface area contributed by atoms with Crippen molar-refractivity contribution in [2.75, 3.05) is 5.75 Å². The summed E-state index contributed by atoms with van der Waals surface area (Å²) in [7, 11) is -3.58. The molecule has 1 aromatic heterocycles. The van der Waals surface area contributed by atoms with Crippen LogP contribution in [0.2, 0.25) is 0 Å². The highest BCUT2D eigenvalue weighted by atomic mass is 32.2. The minimum atomic E-state index is -3.58. The average molecular weight is 294 g/mol. The third kappa shape index (κ3) is 3.19. The van der Waals surface area contributed by atoms with Gasteiger partial charge in [-0.1, -0.05) is 32.0 Å². The number of benzene rings is 1. The first-order chi connectivity index (χ1) is 9.43. The number of rotatable bonds is 5. The van der Waals surface area contributed by atoms with Gasteiger partial charge in [-0.15, -0.1) is 0 Å². The number of nitrogens with zero attached hydrogens (tertiary/aromatic N) is 2. The van der Waals surface area contributed by atoms with Crippen molar-refractivity contribution in [3.8, 4) is 11.6 Å². The van der Waals surface area contributed by atoms with Crippen molar-refractivity contribution >= 4 is 10.1 Å². The van der Waals surface area contributed by atoms with Gasteiger partial charge in [0, 0.05) is 6.07 Å². The fraction of sp³-hybridized carbons (Fsp3) is 0.357. The molecule has 20 heavy (non-hydrogen) atoms. The molecule has 0 saturated carbocycles. The topological polar surface area (TPSA) is 61.2 Å². The van der Waals surface area contributed by atoms with Crippen LogP contribution in [0, 0.1) is 0 Å². The molecule has 0 spiro atoms. The highest BCUT2D eigenvalue weighted by Crippen LogP contribution is 2.24. The highest BCUT2D eigenvalue weighted by molar-refractivity contribution is 7.87. The average Bonchev–Trinajstić information content (AvgIpc) is 2.83. The van der Waals surface area contributed by atoms with Crippen LogP contribution in [0.15, 0.2) is 36.4 Å². The van der Waals surface area contributed by atoms with Crippen LogP contribution >= 0.6 is 0 Å². The SMILES string of the molecule is CCS(=O)(=O)Oc1cc(C(C)C)nn1-c1ccccc1. The minimum Gasteiger partial charge on any atom is -0.361 e. The molecule has 2 aromatic rings. The van der Waals surface area contributed by atoms with Crippen LogP contribution in [-0.4, -0.2) is 24.0 Å². The molecule has 0 radical (unpaired) electrons. The molecular weight excluding hydrogens is 276 g/mol. The lowest BCUT2D eigenvalue weighted by Gasteiger charge is -2.07. The Morgan fingerprint density at radius 3 is 2.45 bits per heavy atom. The first-order valence-electron chi connectivity index (χ1n) is 6.50. The van der Waals surface area contributed by atoms with Gasteiger partial charge in [0.1, 0.15) is 0 Å². The summed E-state index contributed by atoms with van der Waals surface area (Å²) >= 11 is 0. The Balaban J connectivity index is 2.49. The predicted molar refractivity (Wildman–Crippen MR) is 77.7 cm³/mol. The lowest BCUT2D eigenvalue weighted by Crippen LogP contribution is -2.14. The standard InChI is InChI=1S/C14H18N2O3S/c1-4-20(17,18)19-14-10-13(11(2)3)15-16(14)12-8-6-5-7-9-12/h5-11H,4H2,1-3H3. The number of hydrogen-bond donors (Lipinski definition) is 0. The summed E-state index contributed by atoms with van der Waals surface area (Å²) in [5, 5.41) is 4.43. The van der Waals surface area contributed by atoms with E-state index < -0.39 is 10.1 Å². The van der Waals surface area contributed by atoms with E-state index in [1.165, 1.54) is 4.68 Å². The van der Waals surface area contributed by atoms with Gasteiger partial charge in [0.15, 0.2) is 0 Å². The van der Waals surface area contributed by atoms with Crippen LogP contribution in [0.4, 0.5) is 0 Å². The van der Waals surface area contributed by atoms with E-state index in [0.717, 1.165) is 11.4 Å². The Morgan fingerprint density at radius 1 is 1.25 bits per heavy atom. The van der Waals surface area contributed by atoms with Crippen molar-refractivity contribution in [2.45, 2.75) is 26.7 Å². The summed E-state index contributed by atoms with van der Waals surface area (Å²) in [5.74, 6) is 0.331. The lowest BCUT2D eigenvalue weighted by molar-refractivity contribution is 0.466. The number of para-hydroxylation sites is 1. The fourth-order valence-corrected chi connectivity index (χ4v) is 2.16. The van der Waals surface area contributed by atoms with Crippen LogP contribution in [0.3, 0.4) is 0 Å². The van der Waals surface area contributed by atoms with E-state index in [1.807, 2.05) is 44.2 Å². The van der Waals surface area contributed by atoms with Gasteiger partial charge >= 0.3 is 10.1 Å². The Kier molecular flexibility index (Phi) is 4.13. The highest BCUT2D eigenvalue weighted by Gasteiger charge is 2.18. The predicted octanol–water partition coefficient (Wildman–Crippen LogP) is 2.72. The third-order valence-corrected chi connectivity index (χ3v) is 3.99. The summed E-state index contributed by atoms with van der Waals surface area (Å²) in [4.78, 5) is 0. The molecule has 0 unspecified atom stereocenters. The molecule has 0 amide bonds. The molecule has 108 valence electrons. The molecule has 0 aliphatic heterocycles. The molecule has 0 bridgehead atoms. The normalized spacial score (nSPS) is 11.8. The molecule has 5 nitrogen and oxygen atoms in total. The van der Waals surface area contributed by atoms with Gasteiger partial charge in [0.2, 0.25) is 5.88 Å². The molecule has 0 aliphatic rings. The summed E-state index contributed by atoms with van der Waals surface area (Å²) < 4.78 is 30.0. The van der Waals surface area contributed by atoms with Crippen molar-refractivity contribution in [2.24, 2.45) is 0 Å². The van der Waals surface area contributed by atoms with Gasteiger partial charge < -0.3 is 4.18 Å². The second-order valence-corrected chi connectivity index (χ2v) is 6.60. The molecule has 0 atom stereocenters. The molecule has 1 aromatic carbocycles. The monoisotopic (exact) mass is 294 g/mol. The second-order valence-electron chi connectivity index (χ2n) is 4.74. The quantitative estimate of drug-likeness (QED) is 0.795. The number of hydrogen-bond acceptors (Lipinski definition) is 4. The Bertz CT molecular complexity index is 676. The summed E-state index contributed by atoms with van der Waals surface area (Å²) in [6.45, 7) is 5.54. The van der Waals surface area contributed by atoms with Gasteiger partial charge in [-0.05, 0) is 25.0 Å². The molecule has 0 aliphatic carbocycles. The van der Waals surface area contributed by atoms with Crippen LogP contribution in [0.25, 0.3) is 5.69 Å². The lowest BCUT2D eigenvalue weighted by atomic mass is 10.1. The maximum Gasteiger partial charge on any atom is 0.310 e. The smallest absolute Gasteiger partial charge is 0.310 e. The van der Waals surface area contributed by atoms with Gasteiger partial charge in [-0.25, -0.2) is 0 Å². The van der Waals surface area contributed by atoms with Crippen molar-refractivity contribution < 1.29 is 12.6 Å². The van der Waals surface area contributed by atoms with Crippen LogP contribution < -0.4 is 4.18 Å². The summed E-state index contributed by atoms with van der Waals surface area (Å²) in [6.07, 6.45) is 0. The molecular formula is C14H18N2O3S. The van der Waals surface area contributed by atoms with Gasteiger partial charge in [0.05, 0.1) is 17.1 Å². The van der Waals surface area contributed by atoms with Gasteiger partial charge in [0.25, 0.3) is 0 Å². The van der Waals surface area contributed by atoms with Crippen LogP contribution in [-0.2, 0) is 10.1 Å². The first-order valence-corrected chi connectivity index (χ1v) is 8.08. The van der Waals surface area contributed by atoms with E-state index in [0.29, 0.717) is 0 Å².